The molecule has 0 bridgehead atoms. The van der Waals surface area contributed by atoms with Crippen LogP contribution in [0.3, 0.4) is 0 Å². The van der Waals surface area contributed by atoms with Crippen LogP contribution in [0.4, 0.5) is 0 Å². The van der Waals surface area contributed by atoms with Gasteiger partial charge in [0.15, 0.2) is 0 Å². The smallest absolute Gasteiger partial charge is 0.0306 e. The van der Waals surface area contributed by atoms with Crippen molar-refractivity contribution in [3.05, 3.63) is 36.0 Å². The Morgan fingerprint density at radius 2 is 1.80 bits per heavy atom. The van der Waals surface area contributed by atoms with Crippen LogP contribution in [0.15, 0.2) is 36.0 Å². The average Bonchev–Trinajstić information content (AvgIpc) is 1.87. The lowest BCUT2D eigenvalue weighted by Gasteiger charge is -1.98. The van der Waals surface area contributed by atoms with Gasteiger partial charge in [-0.2, -0.15) is 0 Å². The highest BCUT2D eigenvalue weighted by atomic mass is 14.0. The summed E-state index contributed by atoms with van der Waals surface area (Å²) in [6.07, 6.45) is 3.18. The van der Waals surface area contributed by atoms with Gasteiger partial charge in [-0.1, -0.05) is 37.3 Å². The normalized spacial score (nSPS) is 11.3. The Balaban J connectivity index is 4.13. The van der Waals surface area contributed by atoms with Gasteiger partial charge < -0.3 is 0 Å². The average molecular weight is 136 g/mol. The predicted octanol–water partition coefficient (Wildman–Crippen LogP) is 3.48. The van der Waals surface area contributed by atoms with Gasteiger partial charge in [-0.15, -0.1) is 0 Å². The molecular formula is C10H16. The van der Waals surface area contributed by atoms with Gasteiger partial charge in [0.1, 0.15) is 0 Å². The lowest BCUT2D eigenvalue weighted by molar-refractivity contribution is 1.09. The quantitative estimate of drug-likeness (QED) is 0.521. The van der Waals surface area contributed by atoms with Crippen molar-refractivity contribution in [1.82, 2.24) is 0 Å². The summed E-state index contributed by atoms with van der Waals surface area (Å²) in [4.78, 5) is 0. The number of hydrogen-bond donors (Lipinski definition) is 0. The molecule has 0 aliphatic heterocycles. The molecule has 0 aromatic rings. The number of allylic oxidation sites excluding steroid dienone is 4. The van der Waals surface area contributed by atoms with Crippen molar-refractivity contribution in [3.8, 4) is 0 Å². The lowest BCUT2D eigenvalue weighted by atomic mass is 10.1. The highest BCUT2D eigenvalue weighted by molar-refractivity contribution is 5.35. The van der Waals surface area contributed by atoms with Crippen LogP contribution >= 0.6 is 0 Å². The van der Waals surface area contributed by atoms with Gasteiger partial charge in [0.2, 0.25) is 0 Å². The summed E-state index contributed by atoms with van der Waals surface area (Å²) in [7, 11) is 0. The van der Waals surface area contributed by atoms with E-state index in [1.807, 2.05) is 6.92 Å². The molecule has 0 spiro atoms. The molecule has 0 aromatic heterocycles. The van der Waals surface area contributed by atoms with Crippen LogP contribution in [0, 0.1) is 0 Å². The zero-order valence-corrected chi connectivity index (χ0v) is 7.20. The van der Waals surface area contributed by atoms with Crippen LogP contribution in [0.2, 0.25) is 0 Å². The third-order valence-electron chi connectivity index (χ3n) is 1.53. The van der Waals surface area contributed by atoms with Crippen molar-refractivity contribution in [3.63, 3.8) is 0 Å². The summed E-state index contributed by atoms with van der Waals surface area (Å²) in [6, 6.07) is 0. The van der Waals surface area contributed by atoms with Crippen molar-refractivity contribution in [2.75, 3.05) is 0 Å². The first-order valence-corrected chi connectivity index (χ1v) is 3.60. The van der Waals surface area contributed by atoms with Gasteiger partial charge in [0.25, 0.3) is 0 Å². The van der Waals surface area contributed by atoms with Crippen molar-refractivity contribution in [2.24, 2.45) is 0 Å². The second-order valence-corrected chi connectivity index (χ2v) is 2.65. The molecule has 10 heavy (non-hydrogen) atoms. The standard InChI is InChI=1S/C10H16/c1-6-9(4)7-10(5)8(2)3/h7H,2,5-6H2,1,3-4H3/b9-7-. The Morgan fingerprint density at radius 3 is 2.10 bits per heavy atom. The SMILES string of the molecule is C=C(C)C(=C)/C=C(/C)CC. The van der Waals surface area contributed by atoms with Crippen LogP contribution in [0.25, 0.3) is 0 Å². The fourth-order valence-corrected chi connectivity index (χ4v) is 0.523. The van der Waals surface area contributed by atoms with E-state index < -0.39 is 0 Å². The van der Waals surface area contributed by atoms with Gasteiger partial charge in [-0.3, -0.25) is 0 Å². The monoisotopic (exact) mass is 136 g/mol. The molecule has 0 fully saturated rings. The highest BCUT2D eigenvalue weighted by Gasteiger charge is 1.89. The van der Waals surface area contributed by atoms with E-state index in [1.54, 1.807) is 0 Å². The Kier molecular flexibility index (Phi) is 3.78. The number of rotatable bonds is 3. The van der Waals surface area contributed by atoms with E-state index in [9.17, 15) is 0 Å². The molecule has 0 saturated heterocycles. The Morgan fingerprint density at radius 1 is 1.30 bits per heavy atom. The van der Waals surface area contributed by atoms with Crippen LogP contribution < -0.4 is 0 Å². The third-order valence-corrected chi connectivity index (χ3v) is 1.53. The molecule has 0 unspecified atom stereocenters. The maximum atomic E-state index is 3.87. The van der Waals surface area contributed by atoms with E-state index in [-0.39, 0.29) is 0 Å². The molecule has 0 radical (unpaired) electrons. The summed E-state index contributed by atoms with van der Waals surface area (Å²) >= 11 is 0. The lowest BCUT2D eigenvalue weighted by Crippen LogP contribution is -1.78. The van der Waals surface area contributed by atoms with Crippen LogP contribution in [0.5, 0.6) is 0 Å². The molecule has 0 nitrogen and oxygen atoms in total. The van der Waals surface area contributed by atoms with Gasteiger partial charge in [0, 0.05) is 0 Å². The summed E-state index contributed by atoms with van der Waals surface area (Å²) in [5, 5.41) is 0. The molecule has 56 valence electrons. The molecule has 0 rings (SSSR count). The highest BCUT2D eigenvalue weighted by Crippen LogP contribution is 2.09. The van der Waals surface area contributed by atoms with Crippen molar-refractivity contribution in [2.45, 2.75) is 27.2 Å². The van der Waals surface area contributed by atoms with Gasteiger partial charge in [-0.25, -0.2) is 0 Å². The molecule has 0 heteroatoms. The molecule has 0 aliphatic carbocycles. The molecule has 0 amide bonds. The zero-order chi connectivity index (χ0) is 8.15. The van der Waals surface area contributed by atoms with Crippen LogP contribution in [-0.2, 0) is 0 Å². The minimum absolute atomic E-state index is 1.04. The maximum Gasteiger partial charge on any atom is -0.0306 e. The first kappa shape index (κ1) is 9.22. The maximum absolute atomic E-state index is 3.87. The number of hydrogen-bond acceptors (Lipinski definition) is 0. The molecular weight excluding hydrogens is 120 g/mol. The predicted molar refractivity (Wildman–Crippen MR) is 48.0 cm³/mol. The van der Waals surface area contributed by atoms with Crippen LogP contribution in [-0.4, -0.2) is 0 Å². The van der Waals surface area contributed by atoms with E-state index in [0.29, 0.717) is 0 Å². The summed E-state index contributed by atoms with van der Waals surface area (Å²) < 4.78 is 0. The van der Waals surface area contributed by atoms with E-state index in [0.717, 1.165) is 17.6 Å². The second kappa shape index (κ2) is 4.10. The van der Waals surface area contributed by atoms with E-state index in [4.69, 9.17) is 0 Å². The van der Waals surface area contributed by atoms with Gasteiger partial charge >= 0.3 is 0 Å². The fraction of sp³-hybridized carbons (Fsp3) is 0.400. The topological polar surface area (TPSA) is 0 Å². The van der Waals surface area contributed by atoms with Gasteiger partial charge in [-0.05, 0) is 25.8 Å². The molecule has 0 aromatic carbocycles. The summed E-state index contributed by atoms with van der Waals surface area (Å²) in [5.41, 5.74) is 3.44. The molecule has 0 atom stereocenters. The minimum atomic E-state index is 1.04. The largest absolute Gasteiger partial charge is 0.0955 e. The summed E-state index contributed by atoms with van der Waals surface area (Å²) in [6.45, 7) is 13.9. The third kappa shape index (κ3) is 3.29. The Labute approximate surface area is 64.0 Å². The van der Waals surface area contributed by atoms with Crippen molar-refractivity contribution < 1.29 is 0 Å². The van der Waals surface area contributed by atoms with E-state index >= 15 is 0 Å². The zero-order valence-electron chi connectivity index (χ0n) is 7.20. The minimum Gasteiger partial charge on any atom is -0.0955 e. The Bertz CT molecular complexity index is 170. The molecule has 0 N–H and O–H groups in total. The summed E-state index contributed by atoms with van der Waals surface area (Å²) in [5.74, 6) is 0. The molecule has 0 aliphatic rings. The second-order valence-electron chi connectivity index (χ2n) is 2.65. The first-order valence-electron chi connectivity index (χ1n) is 3.60. The van der Waals surface area contributed by atoms with E-state index in [1.165, 1.54) is 5.57 Å². The Hall–Kier alpha value is -0.780. The van der Waals surface area contributed by atoms with E-state index in [2.05, 4.69) is 33.1 Å². The van der Waals surface area contributed by atoms with Crippen molar-refractivity contribution in [1.29, 1.82) is 0 Å². The first-order chi connectivity index (χ1) is 4.57. The molecule has 0 saturated carbocycles. The van der Waals surface area contributed by atoms with Crippen molar-refractivity contribution >= 4 is 0 Å². The fourth-order valence-electron chi connectivity index (χ4n) is 0.523. The van der Waals surface area contributed by atoms with Gasteiger partial charge in [0.05, 0.1) is 0 Å². The molecule has 0 heterocycles. The van der Waals surface area contributed by atoms with Crippen LogP contribution in [0.1, 0.15) is 27.2 Å².